The molecule has 14 heavy (non-hydrogen) atoms. The van der Waals surface area contributed by atoms with Crippen molar-refractivity contribution in [3.8, 4) is 0 Å². The van der Waals surface area contributed by atoms with E-state index in [0.717, 1.165) is 16.9 Å². The van der Waals surface area contributed by atoms with Gasteiger partial charge in [-0.2, -0.15) is 0 Å². The number of nitrogens with zero attached hydrogens (tertiary/aromatic N) is 2. The van der Waals surface area contributed by atoms with E-state index in [0.29, 0.717) is 6.04 Å². The van der Waals surface area contributed by atoms with Gasteiger partial charge in [-0.1, -0.05) is 0 Å². The minimum atomic E-state index is 0.641. The molecule has 1 aromatic rings. The molecule has 0 spiro atoms. The highest BCUT2D eigenvalue weighted by Crippen LogP contribution is 2.28. The van der Waals surface area contributed by atoms with Crippen LogP contribution in [0.1, 0.15) is 30.8 Å². The normalized spacial score (nSPS) is 18.3. The fourth-order valence-corrected chi connectivity index (χ4v) is 3.48. The zero-order valence-electron chi connectivity index (χ0n) is 8.59. The highest BCUT2D eigenvalue weighted by molar-refractivity contribution is 9.11. The first-order valence-corrected chi connectivity index (χ1v) is 6.66. The van der Waals surface area contributed by atoms with E-state index < -0.39 is 0 Å². The predicted molar refractivity (Wildman–Crippen MR) is 63.7 cm³/mol. The van der Waals surface area contributed by atoms with Crippen molar-refractivity contribution in [3.05, 3.63) is 14.5 Å². The van der Waals surface area contributed by atoms with Gasteiger partial charge in [0.2, 0.25) is 0 Å². The molecule has 0 aromatic carbocycles. The van der Waals surface area contributed by atoms with Crippen LogP contribution in [0.15, 0.2) is 3.92 Å². The fraction of sp³-hybridized carbons (Fsp3) is 0.700. The molecule has 2 heterocycles. The van der Waals surface area contributed by atoms with Crippen molar-refractivity contribution in [2.24, 2.45) is 0 Å². The van der Waals surface area contributed by atoms with Crippen LogP contribution in [0.3, 0.4) is 0 Å². The van der Waals surface area contributed by atoms with Gasteiger partial charge in [0.15, 0.2) is 3.92 Å². The number of halogens is 1. The van der Waals surface area contributed by atoms with Crippen molar-refractivity contribution in [3.63, 3.8) is 0 Å². The first kappa shape index (κ1) is 10.6. The Kier molecular flexibility index (Phi) is 3.24. The average molecular weight is 275 g/mol. The summed E-state index contributed by atoms with van der Waals surface area (Å²) in [6, 6.07) is 0.641. The number of aromatic nitrogens is 1. The summed E-state index contributed by atoms with van der Waals surface area (Å²) in [5.41, 5.74) is 1.31. The van der Waals surface area contributed by atoms with Crippen molar-refractivity contribution in [2.45, 2.75) is 39.3 Å². The molecule has 1 aliphatic heterocycles. The molecule has 0 atom stereocenters. The molecule has 0 aliphatic carbocycles. The Morgan fingerprint density at radius 3 is 3.00 bits per heavy atom. The molecular weight excluding hydrogens is 260 g/mol. The molecule has 0 N–H and O–H groups in total. The van der Waals surface area contributed by atoms with Gasteiger partial charge >= 0.3 is 0 Å². The third-order valence-corrected chi connectivity index (χ3v) is 4.22. The van der Waals surface area contributed by atoms with Crippen molar-refractivity contribution in [1.29, 1.82) is 0 Å². The first-order valence-electron chi connectivity index (χ1n) is 5.05. The maximum Gasteiger partial charge on any atom is 0.159 e. The Hall–Kier alpha value is 0.0700. The summed E-state index contributed by atoms with van der Waals surface area (Å²) in [4.78, 5) is 8.49. The quantitative estimate of drug-likeness (QED) is 0.783. The number of thiazole rings is 1. The molecule has 2 nitrogen and oxygen atoms in total. The zero-order valence-corrected chi connectivity index (χ0v) is 11.0. The van der Waals surface area contributed by atoms with Crippen LogP contribution in [-0.4, -0.2) is 22.5 Å². The molecule has 0 radical (unpaired) electrons. The Morgan fingerprint density at radius 1 is 1.50 bits per heavy atom. The van der Waals surface area contributed by atoms with E-state index in [1.807, 2.05) is 0 Å². The third-order valence-electron chi connectivity index (χ3n) is 2.69. The van der Waals surface area contributed by atoms with Crippen LogP contribution in [0.2, 0.25) is 0 Å². The molecule has 0 bridgehead atoms. The minimum Gasteiger partial charge on any atom is -0.296 e. The van der Waals surface area contributed by atoms with Gasteiger partial charge in [0.1, 0.15) is 0 Å². The lowest BCUT2D eigenvalue weighted by molar-refractivity contribution is 0.218. The first-order chi connectivity index (χ1) is 6.66. The second-order valence-corrected chi connectivity index (χ2v) is 6.36. The molecule has 0 saturated carbocycles. The summed E-state index contributed by atoms with van der Waals surface area (Å²) < 4.78 is 1.04. The summed E-state index contributed by atoms with van der Waals surface area (Å²) in [5, 5.41) is 0. The zero-order chi connectivity index (χ0) is 10.1. The Balaban J connectivity index is 2.21. The molecule has 2 rings (SSSR count). The van der Waals surface area contributed by atoms with Crippen LogP contribution in [0, 0.1) is 0 Å². The van der Waals surface area contributed by atoms with Gasteiger partial charge in [0, 0.05) is 17.5 Å². The highest BCUT2D eigenvalue weighted by Gasteiger charge is 2.19. The van der Waals surface area contributed by atoms with Crippen LogP contribution in [0.5, 0.6) is 0 Å². The van der Waals surface area contributed by atoms with Gasteiger partial charge in [0.25, 0.3) is 0 Å². The lowest BCUT2D eigenvalue weighted by Gasteiger charge is -2.23. The number of hydrogen-bond donors (Lipinski definition) is 0. The average Bonchev–Trinajstić information content (AvgIpc) is 2.32. The second kappa shape index (κ2) is 4.29. The van der Waals surface area contributed by atoms with Gasteiger partial charge in [-0.15, -0.1) is 11.3 Å². The molecule has 78 valence electrons. The van der Waals surface area contributed by atoms with E-state index in [1.54, 1.807) is 11.3 Å². The van der Waals surface area contributed by atoms with Gasteiger partial charge < -0.3 is 0 Å². The van der Waals surface area contributed by atoms with Crippen molar-refractivity contribution < 1.29 is 0 Å². The van der Waals surface area contributed by atoms with Gasteiger partial charge in [-0.3, -0.25) is 4.90 Å². The van der Waals surface area contributed by atoms with Crippen molar-refractivity contribution in [2.75, 3.05) is 6.54 Å². The van der Waals surface area contributed by atoms with E-state index >= 15 is 0 Å². The van der Waals surface area contributed by atoms with Crippen LogP contribution in [0.4, 0.5) is 0 Å². The summed E-state index contributed by atoms with van der Waals surface area (Å²) >= 11 is 5.25. The highest BCUT2D eigenvalue weighted by atomic mass is 79.9. The van der Waals surface area contributed by atoms with Crippen LogP contribution >= 0.6 is 27.3 Å². The van der Waals surface area contributed by atoms with E-state index in [9.17, 15) is 0 Å². The SMILES string of the molecule is CC(C)N1CCCc2nc(Br)sc2C1. The maximum atomic E-state index is 4.51. The Bertz CT molecular complexity index is 322. The number of aryl methyl sites for hydroxylation is 1. The smallest absolute Gasteiger partial charge is 0.159 e. The molecule has 4 heteroatoms. The summed E-state index contributed by atoms with van der Waals surface area (Å²) in [7, 11) is 0. The van der Waals surface area contributed by atoms with E-state index in [4.69, 9.17) is 0 Å². The summed E-state index contributed by atoms with van der Waals surface area (Å²) in [5.74, 6) is 0. The van der Waals surface area contributed by atoms with Gasteiger partial charge in [-0.05, 0) is 49.2 Å². The Morgan fingerprint density at radius 2 is 2.29 bits per heavy atom. The topological polar surface area (TPSA) is 16.1 Å². The largest absolute Gasteiger partial charge is 0.296 e. The number of rotatable bonds is 1. The van der Waals surface area contributed by atoms with Crippen LogP contribution < -0.4 is 0 Å². The molecular formula is C10H15BrN2S. The van der Waals surface area contributed by atoms with E-state index in [-0.39, 0.29) is 0 Å². The van der Waals surface area contributed by atoms with Crippen LogP contribution in [-0.2, 0) is 13.0 Å². The van der Waals surface area contributed by atoms with Gasteiger partial charge in [0.05, 0.1) is 5.69 Å². The standard InChI is InChI=1S/C10H15BrN2S/c1-7(2)13-5-3-4-8-9(6-13)14-10(11)12-8/h7H,3-6H2,1-2H3. The number of hydrogen-bond acceptors (Lipinski definition) is 3. The summed E-state index contributed by atoms with van der Waals surface area (Å²) in [6.07, 6.45) is 2.38. The monoisotopic (exact) mass is 274 g/mol. The maximum absolute atomic E-state index is 4.51. The molecule has 1 aliphatic rings. The number of fused-ring (bicyclic) bond motifs is 1. The molecule has 1 aromatic heterocycles. The van der Waals surface area contributed by atoms with E-state index in [2.05, 4.69) is 39.7 Å². The van der Waals surface area contributed by atoms with E-state index in [1.165, 1.54) is 23.5 Å². The van der Waals surface area contributed by atoms with Gasteiger partial charge in [-0.25, -0.2) is 4.98 Å². The molecule has 0 saturated heterocycles. The third kappa shape index (κ3) is 2.18. The fourth-order valence-electron chi connectivity index (χ4n) is 1.82. The van der Waals surface area contributed by atoms with Crippen LogP contribution in [0.25, 0.3) is 0 Å². The minimum absolute atomic E-state index is 0.641. The van der Waals surface area contributed by atoms with Crippen molar-refractivity contribution >= 4 is 27.3 Å². The lowest BCUT2D eigenvalue weighted by Crippen LogP contribution is -2.30. The second-order valence-electron chi connectivity index (χ2n) is 4.00. The Labute approximate surface area is 97.5 Å². The van der Waals surface area contributed by atoms with Crippen molar-refractivity contribution in [1.82, 2.24) is 9.88 Å². The predicted octanol–water partition coefficient (Wildman–Crippen LogP) is 3.06. The molecule has 0 unspecified atom stereocenters. The lowest BCUT2D eigenvalue weighted by atomic mass is 10.2. The summed E-state index contributed by atoms with van der Waals surface area (Å²) in [6.45, 7) is 6.82. The molecule has 0 amide bonds. The molecule has 0 fully saturated rings.